The fraction of sp³-hybridized carbons (Fsp3) is 0.154. The molecule has 1 atom stereocenters. The minimum absolute atomic E-state index is 0.101. The number of nitrogens with zero attached hydrogens (tertiary/aromatic N) is 1. The molecule has 1 aliphatic rings. The molecule has 0 radical (unpaired) electrons. The molecule has 0 aliphatic carbocycles. The number of hydrogen-bond acceptors (Lipinski definition) is 4. The summed E-state index contributed by atoms with van der Waals surface area (Å²) < 4.78 is 18.9. The summed E-state index contributed by atoms with van der Waals surface area (Å²) in [5.41, 5.74) is 2.22. The molecule has 1 unspecified atom stereocenters. The van der Waals surface area contributed by atoms with Gasteiger partial charge < -0.3 is 9.84 Å². The summed E-state index contributed by atoms with van der Waals surface area (Å²) in [4.78, 5) is 27.6. The highest BCUT2D eigenvalue weighted by molar-refractivity contribution is 6.51. The van der Waals surface area contributed by atoms with Gasteiger partial charge in [0, 0.05) is 11.3 Å². The van der Waals surface area contributed by atoms with Gasteiger partial charge >= 0.3 is 0 Å². The van der Waals surface area contributed by atoms with Gasteiger partial charge in [0.25, 0.3) is 11.7 Å². The second-order valence-electron chi connectivity index (χ2n) is 7.59. The van der Waals surface area contributed by atoms with Crippen LogP contribution in [0.15, 0.2) is 72.3 Å². The highest BCUT2D eigenvalue weighted by atomic mass is 35.5. The van der Waals surface area contributed by atoms with Crippen LogP contribution in [0.1, 0.15) is 29.7 Å². The molecule has 1 aliphatic heterocycles. The van der Waals surface area contributed by atoms with Crippen molar-refractivity contribution in [1.29, 1.82) is 0 Å². The van der Waals surface area contributed by atoms with Gasteiger partial charge in [-0.3, -0.25) is 14.5 Å². The Hall–Kier alpha value is -3.64. The van der Waals surface area contributed by atoms with Gasteiger partial charge in [-0.2, -0.15) is 0 Å². The summed E-state index contributed by atoms with van der Waals surface area (Å²) in [5, 5.41) is 11.5. The lowest BCUT2D eigenvalue weighted by atomic mass is 9.95. The van der Waals surface area contributed by atoms with Crippen molar-refractivity contribution in [3.63, 3.8) is 0 Å². The fourth-order valence-corrected chi connectivity index (χ4v) is 4.11. The second-order valence-corrected chi connectivity index (χ2v) is 8.00. The van der Waals surface area contributed by atoms with E-state index >= 15 is 0 Å². The van der Waals surface area contributed by atoms with E-state index in [0.29, 0.717) is 22.0 Å². The van der Waals surface area contributed by atoms with Crippen LogP contribution in [0, 0.1) is 5.82 Å². The summed E-state index contributed by atoms with van der Waals surface area (Å²) >= 11 is 6.09. The standard InChI is InChI=1S/C26H21ClFNO4/c1-3-15-4-11-19(12-5-15)29-23(16-6-9-18(28)10-7-16)22(25(31)26(29)32)24(30)17-8-13-20(27)21(14-17)33-2/h4-14,23,30H,3H2,1-2H3/b24-22-. The normalized spacial score (nSPS) is 17.5. The number of carbonyl (C=O) groups excluding carboxylic acids is 2. The van der Waals surface area contributed by atoms with E-state index in [0.717, 1.165) is 12.0 Å². The van der Waals surface area contributed by atoms with E-state index in [1.807, 2.05) is 19.1 Å². The van der Waals surface area contributed by atoms with Gasteiger partial charge in [-0.25, -0.2) is 4.39 Å². The van der Waals surface area contributed by atoms with E-state index in [-0.39, 0.29) is 16.9 Å². The van der Waals surface area contributed by atoms with E-state index in [2.05, 4.69) is 0 Å². The molecule has 0 bridgehead atoms. The fourth-order valence-electron chi connectivity index (χ4n) is 3.91. The number of benzene rings is 3. The van der Waals surface area contributed by atoms with Crippen LogP contribution < -0.4 is 9.64 Å². The number of aliphatic hydroxyl groups is 1. The zero-order valence-corrected chi connectivity index (χ0v) is 18.8. The first kappa shape index (κ1) is 22.6. The van der Waals surface area contributed by atoms with Gasteiger partial charge in [-0.1, -0.05) is 42.8 Å². The lowest BCUT2D eigenvalue weighted by Gasteiger charge is -2.25. The summed E-state index contributed by atoms with van der Waals surface area (Å²) in [6.07, 6.45) is 0.818. The third-order valence-electron chi connectivity index (χ3n) is 5.68. The first-order chi connectivity index (χ1) is 15.8. The molecule has 0 aromatic heterocycles. The molecule has 3 aromatic rings. The number of amides is 1. The number of halogens is 2. The molecule has 1 saturated heterocycles. The molecule has 168 valence electrons. The number of Topliss-reactive ketones (excluding diaryl/α,β-unsaturated/α-hetero) is 1. The topological polar surface area (TPSA) is 66.8 Å². The van der Waals surface area contributed by atoms with Crippen LogP contribution in [-0.2, 0) is 16.0 Å². The van der Waals surface area contributed by atoms with Gasteiger partial charge in [0.1, 0.15) is 17.3 Å². The molecule has 1 heterocycles. The Morgan fingerprint density at radius 1 is 1.06 bits per heavy atom. The molecule has 1 amide bonds. The van der Waals surface area contributed by atoms with Crippen molar-refractivity contribution in [2.24, 2.45) is 0 Å². The predicted octanol–water partition coefficient (Wildman–Crippen LogP) is 5.68. The average Bonchev–Trinajstić information content (AvgIpc) is 3.10. The van der Waals surface area contributed by atoms with E-state index < -0.39 is 23.5 Å². The number of methoxy groups -OCH3 is 1. The smallest absolute Gasteiger partial charge is 0.300 e. The van der Waals surface area contributed by atoms with Gasteiger partial charge in [0.15, 0.2) is 0 Å². The maximum absolute atomic E-state index is 13.6. The van der Waals surface area contributed by atoms with Crippen LogP contribution in [0.4, 0.5) is 10.1 Å². The van der Waals surface area contributed by atoms with Crippen molar-refractivity contribution in [2.45, 2.75) is 19.4 Å². The van der Waals surface area contributed by atoms with Gasteiger partial charge in [0.05, 0.1) is 23.7 Å². The summed E-state index contributed by atoms with van der Waals surface area (Å²) in [6, 6.07) is 16.4. The largest absolute Gasteiger partial charge is 0.507 e. The van der Waals surface area contributed by atoms with Crippen molar-refractivity contribution < 1.29 is 23.8 Å². The van der Waals surface area contributed by atoms with E-state index in [1.165, 1.54) is 54.5 Å². The quantitative estimate of drug-likeness (QED) is 0.299. The number of aliphatic hydroxyl groups excluding tert-OH is 1. The van der Waals surface area contributed by atoms with Crippen LogP contribution in [0.3, 0.4) is 0 Å². The number of ether oxygens (including phenoxy) is 1. The van der Waals surface area contributed by atoms with Crippen LogP contribution >= 0.6 is 11.6 Å². The predicted molar refractivity (Wildman–Crippen MR) is 125 cm³/mol. The SMILES string of the molecule is CCc1ccc(N2C(=O)C(=O)/C(=C(\O)c3ccc(Cl)c(OC)c3)C2c2ccc(F)cc2)cc1. The molecule has 0 saturated carbocycles. The van der Waals surface area contributed by atoms with Gasteiger partial charge in [0.2, 0.25) is 0 Å². The van der Waals surface area contributed by atoms with Gasteiger partial charge in [-0.15, -0.1) is 0 Å². The summed E-state index contributed by atoms with van der Waals surface area (Å²) in [7, 11) is 1.43. The molecule has 33 heavy (non-hydrogen) atoms. The molecule has 4 rings (SSSR count). The number of rotatable bonds is 5. The van der Waals surface area contributed by atoms with Crippen molar-refractivity contribution >= 4 is 34.7 Å². The molecule has 5 nitrogen and oxygen atoms in total. The zero-order chi connectivity index (χ0) is 23.7. The minimum atomic E-state index is -0.945. The molecule has 3 aromatic carbocycles. The molecule has 0 spiro atoms. The number of anilines is 1. The third-order valence-corrected chi connectivity index (χ3v) is 5.99. The summed E-state index contributed by atoms with van der Waals surface area (Å²) in [6.45, 7) is 2.01. The Morgan fingerprint density at radius 3 is 2.33 bits per heavy atom. The van der Waals surface area contributed by atoms with E-state index in [4.69, 9.17) is 16.3 Å². The number of carbonyl (C=O) groups is 2. The third kappa shape index (κ3) is 4.10. The zero-order valence-electron chi connectivity index (χ0n) is 18.0. The minimum Gasteiger partial charge on any atom is -0.507 e. The Balaban J connectivity index is 1.92. The highest BCUT2D eigenvalue weighted by Crippen LogP contribution is 2.42. The molecular formula is C26H21ClFNO4. The van der Waals surface area contributed by atoms with Crippen molar-refractivity contribution in [3.05, 3.63) is 99.8 Å². The second kappa shape index (κ2) is 9.08. The van der Waals surface area contributed by atoms with Crippen molar-refractivity contribution in [2.75, 3.05) is 12.0 Å². The maximum Gasteiger partial charge on any atom is 0.300 e. The number of aryl methyl sites for hydroxylation is 1. The Kier molecular flexibility index (Phi) is 6.20. The lowest BCUT2D eigenvalue weighted by Crippen LogP contribution is -2.29. The van der Waals surface area contributed by atoms with Gasteiger partial charge in [-0.05, 0) is 60.0 Å². The lowest BCUT2D eigenvalue weighted by molar-refractivity contribution is -0.132. The Morgan fingerprint density at radius 2 is 1.73 bits per heavy atom. The molecule has 7 heteroatoms. The van der Waals surface area contributed by atoms with Crippen LogP contribution in [0.5, 0.6) is 5.75 Å². The van der Waals surface area contributed by atoms with E-state index in [9.17, 15) is 19.1 Å². The maximum atomic E-state index is 13.6. The molecular weight excluding hydrogens is 445 g/mol. The average molecular weight is 466 g/mol. The van der Waals surface area contributed by atoms with Crippen LogP contribution in [0.2, 0.25) is 5.02 Å². The Bertz CT molecular complexity index is 1250. The van der Waals surface area contributed by atoms with Crippen LogP contribution in [0.25, 0.3) is 5.76 Å². The van der Waals surface area contributed by atoms with Crippen molar-refractivity contribution in [3.8, 4) is 5.75 Å². The molecule has 1 N–H and O–H groups in total. The van der Waals surface area contributed by atoms with Crippen molar-refractivity contribution in [1.82, 2.24) is 0 Å². The monoisotopic (exact) mass is 465 g/mol. The number of ketones is 1. The van der Waals surface area contributed by atoms with Crippen LogP contribution in [-0.4, -0.2) is 23.9 Å². The highest BCUT2D eigenvalue weighted by Gasteiger charge is 2.47. The first-order valence-corrected chi connectivity index (χ1v) is 10.7. The van der Waals surface area contributed by atoms with E-state index in [1.54, 1.807) is 12.1 Å². The number of hydrogen-bond donors (Lipinski definition) is 1. The Labute approximate surface area is 195 Å². The molecule has 1 fully saturated rings. The first-order valence-electron chi connectivity index (χ1n) is 10.3. The summed E-state index contributed by atoms with van der Waals surface area (Å²) in [5.74, 6) is -2.13.